The first-order valence-corrected chi connectivity index (χ1v) is 17.5. The molecule has 0 spiro atoms. The lowest BCUT2D eigenvalue weighted by molar-refractivity contribution is -0.0919. The topological polar surface area (TPSA) is 83.9 Å². The van der Waals surface area contributed by atoms with Crippen molar-refractivity contribution in [2.75, 3.05) is 72.7 Å². The van der Waals surface area contributed by atoms with Crippen molar-refractivity contribution in [3.05, 3.63) is 114 Å². The third kappa shape index (κ3) is 10.0. The molecule has 0 aromatic heterocycles. The highest BCUT2D eigenvalue weighted by atomic mass is 16.5. The Balaban J connectivity index is 1.12. The lowest BCUT2D eigenvalue weighted by atomic mass is 9.84. The number of fused-ring (bicyclic) bond motifs is 1. The zero-order valence-electron chi connectivity index (χ0n) is 28.5. The van der Waals surface area contributed by atoms with Crippen LogP contribution in [0, 0.1) is 0 Å². The molecule has 0 aliphatic carbocycles. The fourth-order valence-corrected chi connectivity index (χ4v) is 6.71. The number of benzene rings is 4. The lowest BCUT2D eigenvalue weighted by Gasteiger charge is -2.43. The minimum absolute atomic E-state index is 0.149. The maximum absolute atomic E-state index is 12.3. The largest absolute Gasteiger partial charge is 0.494 e. The number of rotatable bonds is 15. The van der Waals surface area contributed by atoms with Gasteiger partial charge in [-0.05, 0) is 52.7 Å². The molecule has 3 atom stereocenters. The number of nitrogens with zero attached hydrogens (tertiary/aromatic N) is 3. The van der Waals surface area contributed by atoms with E-state index in [0.29, 0.717) is 39.6 Å². The third-order valence-electron chi connectivity index (χ3n) is 9.56. The van der Waals surface area contributed by atoms with Crippen molar-refractivity contribution in [3.8, 4) is 5.75 Å². The van der Waals surface area contributed by atoms with Crippen LogP contribution in [-0.4, -0.2) is 111 Å². The molecule has 9 heteroatoms. The fourth-order valence-electron chi connectivity index (χ4n) is 6.71. The normalized spacial score (nSPS) is 20.4. The van der Waals surface area contributed by atoms with Gasteiger partial charge in [0.25, 0.3) is 0 Å². The monoisotopic (exact) mass is 667 g/mol. The molecule has 2 aliphatic heterocycles. The lowest BCUT2D eigenvalue weighted by Crippen LogP contribution is -2.54. The molecule has 6 rings (SSSR count). The standard InChI is InChI=1S/C40H49N3O6/c1-41-18-20-42(21-19-41)22-25-48-37-27-43(40(44)45)28-38(49-30-32-12-13-33-10-5-6-11-35(33)26-32)39(37)34-14-16-36(17-15-34)47-24-7-23-46-29-31-8-3-2-4-9-31/h2-6,8-17,26,37-39H,7,18-25,27-30H2,1H3,(H,44,45). The molecule has 0 bridgehead atoms. The van der Waals surface area contributed by atoms with Crippen LogP contribution in [0.5, 0.6) is 5.75 Å². The molecule has 4 aromatic rings. The zero-order chi connectivity index (χ0) is 33.8. The van der Waals surface area contributed by atoms with Gasteiger partial charge in [0.15, 0.2) is 0 Å². The van der Waals surface area contributed by atoms with Crippen molar-refractivity contribution in [1.29, 1.82) is 0 Å². The number of hydrogen-bond donors (Lipinski definition) is 1. The Hall–Kier alpha value is -3.99. The van der Waals surface area contributed by atoms with E-state index in [2.05, 4.69) is 71.4 Å². The average Bonchev–Trinajstić information content (AvgIpc) is 3.13. The van der Waals surface area contributed by atoms with Crippen molar-refractivity contribution in [2.45, 2.75) is 37.8 Å². The summed E-state index contributed by atoms with van der Waals surface area (Å²) in [6.07, 6.45) is -0.913. The van der Waals surface area contributed by atoms with Gasteiger partial charge in [0.05, 0.1) is 58.3 Å². The molecule has 2 aliphatic rings. The Morgan fingerprint density at radius 3 is 2.20 bits per heavy atom. The van der Waals surface area contributed by atoms with Crippen LogP contribution >= 0.6 is 0 Å². The maximum Gasteiger partial charge on any atom is 0.407 e. The van der Waals surface area contributed by atoms with E-state index in [4.69, 9.17) is 18.9 Å². The Labute approximate surface area is 289 Å². The van der Waals surface area contributed by atoms with E-state index in [1.165, 1.54) is 10.3 Å². The number of hydrogen-bond acceptors (Lipinski definition) is 7. The van der Waals surface area contributed by atoms with Crippen LogP contribution in [0.15, 0.2) is 97.1 Å². The van der Waals surface area contributed by atoms with Crippen molar-refractivity contribution in [1.82, 2.24) is 14.7 Å². The Bertz CT molecular complexity index is 1590. The molecule has 1 N–H and O–H groups in total. The summed E-state index contributed by atoms with van der Waals surface area (Å²) in [7, 11) is 2.15. The van der Waals surface area contributed by atoms with Crippen LogP contribution in [-0.2, 0) is 27.4 Å². The van der Waals surface area contributed by atoms with E-state index >= 15 is 0 Å². The Kier molecular flexibility index (Phi) is 12.5. The molecule has 2 fully saturated rings. The average molecular weight is 668 g/mol. The summed E-state index contributed by atoms with van der Waals surface area (Å²) >= 11 is 0. The van der Waals surface area contributed by atoms with E-state index in [0.717, 1.165) is 67.0 Å². The van der Waals surface area contributed by atoms with Gasteiger partial charge in [-0.2, -0.15) is 0 Å². The second kappa shape index (κ2) is 17.6. The van der Waals surface area contributed by atoms with Crippen molar-refractivity contribution in [3.63, 3.8) is 0 Å². The molecule has 260 valence electrons. The number of carboxylic acid groups (broad SMARTS) is 1. The molecular weight excluding hydrogens is 618 g/mol. The number of ether oxygens (including phenoxy) is 4. The first-order valence-electron chi connectivity index (χ1n) is 17.5. The summed E-state index contributed by atoms with van der Waals surface area (Å²) in [4.78, 5) is 18.5. The first-order chi connectivity index (χ1) is 24.0. The summed E-state index contributed by atoms with van der Waals surface area (Å²) in [5.74, 6) is 0.639. The number of piperazine rings is 1. The van der Waals surface area contributed by atoms with Gasteiger partial charge in [0, 0.05) is 45.1 Å². The van der Waals surface area contributed by atoms with Gasteiger partial charge >= 0.3 is 6.09 Å². The van der Waals surface area contributed by atoms with Gasteiger partial charge in [-0.15, -0.1) is 0 Å². The number of carbonyl (C=O) groups is 1. The number of piperidine rings is 1. The quantitative estimate of drug-likeness (QED) is 0.152. The highest BCUT2D eigenvalue weighted by Gasteiger charge is 2.41. The molecular formula is C40H49N3O6. The smallest absolute Gasteiger partial charge is 0.407 e. The summed E-state index contributed by atoms with van der Waals surface area (Å²) < 4.78 is 25.0. The predicted octanol–water partition coefficient (Wildman–Crippen LogP) is 6.12. The maximum atomic E-state index is 12.3. The highest BCUT2D eigenvalue weighted by molar-refractivity contribution is 5.82. The molecule has 0 radical (unpaired) electrons. The minimum atomic E-state index is -0.957. The van der Waals surface area contributed by atoms with Crippen LogP contribution in [0.3, 0.4) is 0 Å². The van der Waals surface area contributed by atoms with E-state index in [-0.39, 0.29) is 18.6 Å². The summed E-state index contributed by atoms with van der Waals surface area (Å²) in [5, 5.41) is 12.4. The summed E-state index contributed by atoms with van der Waals surface area (Å²) in [5.41, 5.74) is 3.26. The van der Waals surface area contributed by atoms with Crippen LogP contribution in [0.2, 0.25) is 0 Å². The van der Waals surface area contributed by atoms with Gasteiger partial charge in [-0.1, -0.05) is 78.9 Å². The molecule has 3 unspecified atom stereocenters. The van der Waals surface area contributed by atoms with E-state index in [1.807, 2.05) is 42.5 Å². The van der Waals surface area contributed by atoms with Crippen molar-refractivity contribution < 1.29 is 28.8 Å². The number of likely N-dealkylation sites (N-methyl/N-ethyl adjacent to an activating group) is 1. The van der Waals surface area contributed by atoms with Gasteiger partial charge in [-0.25, -0.2) is 4.79 Å². The van der Waals surface area contributed by atoms with Gasteiger partial charge in [0.2, 0.25) is 0 Å². The van der Waals surface area contributed by atoms with Gasteiger partial charge < -0.3 is 33.9 Å². The first kappa shape index (κ1) is 34.9. The molecule has 1 amide bonds. The van der Waals surface area contributed by atoms with Gasteiger partial charge in [-0.3, -0.25) is 4.90 Å². The molecule has 2 saturated heterocycles. The SMILES string of the molecule is CN1CCN(CCOC2CN(C(=O)O)CC(OCc3ccc4ccccc4c3)C2c2ccc(OCCCOCc3ccccc3)cc2)CC1. The van der Waals surface area contributed by atoms with Crippen LogP contribution in [0.25, 0.3) is 10.8 Å². The Morgan fingerprint density at radius 2 is 1.45 bits per heavy atom. The van der Waals surface area contributed by atoms with E-state index in [9.17, 15) is 9.90 Å². The second-order valence-corrected chi connectivity index (χ2v) is 13.1. The second-order valence-electron chi connectivity index (χ2n) is 13.1. The molecule has 2 heterocycles. The molecule has 49 heavy (non-hydrogen) atoms. The van der Waals surface area contributed by atoms with Gasteiger partial charge in [0.1, 0.15) is 5.75 Å². The molecule has 4 aromatic carbocycles. The predicted molar refractivity (Wildman–Crippen MR) is 191 cm³/mol. The minimum Gasteiger partial charge on any atom is -0.494 e. The van der Waals surface area contributed by atoms with Crippen LogP contribution in [0.1, 0.15) is 29.0 Å². The van der Waals surface area contributed by atoms with E-state index in [1.54, 1.807) is 0 Å². The van der Waals surface area contributed by atoms with Crippen LogP contribution < -0.4 is 4.74 Å². The Morgan fingerprint density at radius 1 is 0.735 bits per heavy atom. The van der Waals surface area contributed by atoms with Crippen LogP contribution in [0.4, 0.5) is 4.79 Å². The zero-order valence-corrected chi connectivity index (χ0v) is 28.5. The fraction of sp³-hybridized carbons (Fsp3) is 0.425. The molecule has 0 saturated carbocycles. The summed E-state index contributed by atoms with van der Waals surface area (Å²) in [6, 6.07) is 32.9. The number of likely N-dealkylation sites (tertiary alicyclic amines) is 1. The van der Waals surface area contributed by atoms with Crippen molar-refractivity contribution in [2.24, 2.45) is 0 Å². The summed E-state index contributed by atoms with van der Waals surface area (Å²) in [6.45, 7) is 8.15. The third-order valence-corrected chi connectivity index (χ3v) is 9.56. The highest BCUT2D eigenvalue weighted by Crippen LogP contribution is 2.34. The molecule has 9 nitrogen and oxygen atoms in total. The number of amides is 1. The van der Waals surface area contributed by atoms with Crippen molar-refractivity contribution >= 4 is 16.9 Å². The van der Waals surface area contributed by atoms with E-state index < -0.39 is 12.2 Å².